The minimum atomic E-state index is -0.387. The molecular weight excluding hydrogens is 290 g/mol. The van der Waals surface area contributed by atoms with Crippen LogP contribution in [0.2, 0.25) is 0 Å². The van der Waals surface area contributed by atoms with E-state index >= 15 is 0 Å². The molecule has 0 radical (unpaired) electrons. The Hall–Kier alpha value is -2.07. The normalized spacial score (nSPS) is 18.7. The van der Waals surface area contributed by atoms with E-state index in [-0.39, 0.29) is 18.4 Å². The molecule has 0 fully saturated rings. The Balaban J connectivity index is 2.44. The van der Waals surface area contributed by atoms with Gasteiger partial charge in [-0.15, -0.1) is 0 Å². The highest BCUT2D eigenvalue weighted by Gasteiger charge is 2.21. The van der Waals surface area contributed by atoms with E-state index in [1.165, 1.54) is 18.3 Å². The number of esters is 1. The van der Waals surface area contributed by atoms with Gasteiger partial charge in [0.1, 0.15) is 5.75 Å². The predicted octanol–water partition coefficient (Wildman–Crippen LogP) is 3.63. The fraction of sp³-hybridized carbons (Fsp3) is 0.421. The highest BCUT2D eigenvalue weighted by Crippen LogP contribution is 2.39. The van der Waals surface area contributed by atoms with Crippen molar-refractivity contribution >= 4 is 11.5 Å². The molecule has 1 aromatic carbocycles. The molecule has 1 aliphatic rings. The monoisotopic (exact) mass is 315 g/mol. The molecule has 0 saturated carbocycles. The molecule has 0 aromatic heterocycles. The molecule has 0 heterocycles. The molecule has 23 heavy (non-hydrogen) atoms. The van der Waals surface area contributed by atoms with Gasteiger partial charge in [0.05, 0.1) is 20.6 Å². The fourth-order valence-electron chi connectivity index (χ4n) is 3.07. The van der Waals surface area contributed by atoms with E-state index in [1.807, 2.05) is 18.2 Å². The molecule has 2 N–H and O–H groups in total. The molecule has 1 aromatic rings. The van der Waals surface area contributed by atoms with Gasteiger partial charge in [-0.2, -0.15) is 0 Å². The largest absolute Gasteiger partial charge is 0.496 e. The summed E-state index contributed by atoms with van der Waals surface area (Å²) in [5.41, 5.74) is 10.6. The summed E-state index contributed by atoms with van der Waals surface area (Å²) in [6.07, 6.45) is 5.52. The van der Waals surface area contributed by atoms with Gasteiger partial charge in [-0.25, -0.2) is 0 Å². The van der Waals surface area contributed by atoms with Gasteiger partial charge in [0.2, 0.25) is 0 Å². The van der Waals surface area contributed by atoms with Gasteiger partial charge in [0.25, 0.3) is 0 Å². The fourth-order valence-corrected chi connectivity index (χ4v) is 3.07. The van der Waals surface area contributed by atoms with E-state index in [4.69, 9.17) is 15.2 Å². The van der Waals surface area contributed by atoms with Crippen LogP contribution in [0.5, 0.6) is 5.75 Å². The lowest BCUT2D eigenvalue weighted by Crippen LogP contribution is -2.17. The van der Waals surface area contributed by atoms with Crippen molar-refractivity contribution in [1.29, 1.82) is 0 Å². The van der Waals surface area contributed by atoms with E-state index < -0.39 is 0 Å². The Labute approximate surface area is 138 Å². The minimum absolute atomic E-state index is 0.162. The lowest BCUT2D eigenvalue weighted by Gasteiger charge is -2.24. The van der Waals surface area contributed by atoms with Crippen molar-refractivity contribution in [1.82, 2.24) is 0 Å². The lowest BCUT2D eigenvalue weighted by molar-refractivity contribution is -0.141. The van der Waals surface area contributed by atoms with E-state index in [1.54, 1.807) is 7.11 Å². The number of carbonyl (C=O) groups excluding carboxylic acids is 1. The number of hydrogen-bond donors (Lipinski definition) is 1. The van der Waals surface area contributed by atoms with Crippen molar-refractivity contribution in [3.63, 3.8) is 0 Å². The smallest absolute Gasteiger partial charge is 0.307 e. The van der Waals surface area contributed by atoms with Crippen LogP contribution in [0.25, 0.3) is 5.57 Å². The molecule has 0 saturated heterocycles. The first-order valence-electron chi connectivity index (χ1n) is 7.86. The maximum absolute atomic E-state index is 11.5. The van der Waals surface area contributed by atoms with Gasteiger partial charge >= 0.3 is 5.97 Å². The van der Waals surface area contributed by atoms with Crippen LogP contribution < -0.4 is 10.5 Å². The SMILES string of the molecule is COC(=O)CC(N)c1ccc(OC)c(C2=C(C)C=CCC2C)c1. The molecule has 2 unspecified atom stereocenters. The molecule has 0 bridgehead atoms. The molecule has 0 amide bonds. The molecule has 1 aliphatic carbocycles. The van der Waals surface area contributed by atoms with Crippen LogP contribution in [0.15, 0.2) is 35.9 Å². The Morgan fingerprint density at radius 2 is 2.13 bits per heavy atom. The number of methoxy groups -OCH3 is 2. The van der Waals surface area contributed by atoms with Gasteiger partial charge in [0, 0.05) is 11.6 Å². The third-order valence-electron chi connectivity index (χ3n) is 4.33. The second-order valence-electron chi connectivity index (χ2n) is 5.98. The van der Waals surface area contributed by atoms with Crippen LogP contribution in [-0.2, 0) is 9.53 Å². The maximum Gasteiger partial charge on any atom is 0.307 e. The molecular formula is C19H25NO3. The Bertz CT molecular complexity index is 646. The topological polar surface area (TPSA) is 61.5 Å². The van der Waals surface area contributed by atoms with Gasteiger partial charge in [-0.3, -0.25) is 4.79 Å². The summed E-state index contributed by atoms with van der Waals surface area (Å²) in [6, 6.07) is 5.49. The van der Waals surface area contributed by atoms with E-state index in [9.17, 15) is 4.79 Å². The van der Waals surface area contributed by atoms with Crippen LogP contribution in [0, 0.1) is 5.92 Å². The summed E-state index contributed by atoms with van der Waals surface area (Å²) >= 11 is 0. The Morgan fingerprint density at radius 1 is 1.39 bits per heavy atom. The van der Waals surface area contributed by atoms with Crippen molar-refractivity contribution in [2.75, 3.05) is 14.2 Å². The van der Waals surface area contributed by atoms with Crippen LogP contribution in [0.1, 0.15) is 43.9 Å². The van der Waals surface area contributed by atoms with E-state index in [0.717, 1.165) is 23.3 Å². The van der Waals surface area contributed by atoms with Crippen LogP contribution >= 0.6 is 0 Å². The van der Waals surface area contributed by atoms with Crippen molar-refractivity contribution in [3.8, 4) is 5.75 Å². The molecule has 2 atom stereocenters. The highest BCUT2D eigenvalue weighted by atomic mass is 16.5. The first kappa shape index (κ1) is 17.3. The molecule has 4 heteroatoms. The molecule has 0 aliphatic heterocycles. The van der Waals surface area contributed by atoms with Gasteiger partial charge in [-0.1, -0.05) is 25.1 Å². The van der Waals surface area contributed by atoms with Gasteiger partial charge < -0.3 is 15.2 Å². The standard InChI is InChI=1S/C19H25NO3/c1-12-6-5-7-13(2)19(12)15-10-14(8-9-17(15)22-3)16(20)11-18(21)23-4/h5-6,8-10,13,16H,7,11,20H2,1-4H3. The third kappa shape index (κ3) is 3.82. The number of allylic oxidation sites excluding steroid dienone is 4. The lowest BCUT2D eigenvalue weighted by atomic mass is 9.83. The average Bonchev–Trinajstić information content (AvgIpc) is 2.54. The van der Waals surface area contributed by atoms with E-state index in [2.05, 4.69) is 26.0 Å². The van der Waals surface area contributed by atoms with Crippen LogP contribution in [0.4, 0.5) is 0 Å². The van der Waals surface area contributed by atoms with Crippen LogP contribution in [0.3, 0.4) is 0 Å². The average molecular weight is 315 g/mol. The number of hydrogen-bond acceptors (Lipinski definition) is 4. The predicted molar refractivity (Wildman–Crippen MR) is 92.1 cm³/mol. The quantitative estimate of drug-likeness (QED) is 0.843. The molecule has 2 rings (SSSR count). The summed E-state index contributed by atoms with van der Waals surface area (Å²) in [4.78, 5) is 11.5. The summed E-state index contributed by atoms with van der Waals surface area (Å²) < 4.78 is 10.2. The zero-order valence-electron chi connectivity index (χ0n) is 14.3. The Morgan fingerprint density at radius 3 is 2.74 bits per heavy atom. The molecule has 4 nitrogen and oxygen atoms in total. The maximum atomic E-state index is 11.5. The zero-order valence-corrected chi connectivity index (χ0v) is 14.3. The van der Waals surface area contributed by atoms with Crippen molar-refractivity contribution in [2.45, 2.75) is 32.7 Å². The van der Waals surface area contributed by atoms with Crippen LogP contribution in [-0.4, -0.2) is 20.2 Å². The summed E-state index contributed by atoms with van der Waals surface area (Å²) in [5.74, 6) is 0.940. The van der Waals surface area contributed by atoms with Crippen molar-refractivity contribution in [3.05, 3.63) is 47.1 Å². The summed E-state index contributed by atoms with van der Waals surface area (Å²) in [7, 11) is 3.05. The molecule has 0 spiro atoms. The molecule has 124 valence electrons. The van der Waals surface area contributed by atoms with Gasteiger partial charge in [0.15, 0.2) is 0 Å². The third-order valence-corrected chi connectivity index (χ3v) is 4.33. The van der Waals surface area contributed by atoms with Crippen molar-refractivity contribution in [2.24, 2.45) is 11.7 Å². The minimum Gasteiger partial charge on any atom is -0.496 e. The number of ether oxygens (including phenoxy) is 2. The van der Waals surface area contributed by atoms with Gasteiger partial charge in [-0.05, 0) is 48.1 Å². The Kier molecular flexibility index (Phi) is 5.61. The number of carbonyl (C=O) groups is 1. The highest BCUT2D eigenvalue weighted by molar-refractivity contribution is 5.77. The first-order valence-corrected chi connectivity index (χ1v) is 7.86. The summed E-state index contributed by atoms with van der Waals surface area (Å²) in [6.45, 7) is 4.32. The number of rotatable bonds is 5. The van der Waals surface area contributed by atoms with E-state index in [0.29, 0.717) is 5.92 Å². The summed E-state index contributed by atoms with van der Waals surface area (Å²) in [5, 5.41) is 0. The second-order valence-corrected chi connectivity index (χ2v) is 5.98. The second kappa shape index (κ2) is 7.47. The zero-order chi connectivity index (χ0) is 17.0. The number of benzene rings is 1. The number of nitrogens with two attached hydrogens (primary N) is 1. The van der Waals surface area contributed by atoms with Crippen molar-refractivity contribution < 1.29 is 14.3 Å². The first-order chi connectivity index (χ1) is 11.0.